The van der Waals surface area contributed by atoms with Crippen LogP contribution in [0.15, 0.2) is 0 Å². The number of hydrogen-bond acceptors (Lipinski definition) is 2. The lowest BCUT2D eigenvalue weighted by molar-refractivity contribution is 0.282. The molecule has 13 heavy (non-hydrogen) atoms. The van der Waals surface area contributed by atoms with E-state index in [1.165, 1.54) is 25.7 Å². The van der Waals surface area contributed by atoms with Crippen LogP contribution in [0.4, 0.5) is 0 Å². The van der Waals surface area contributed by atoms with Gasteiger partial charge in [0.15, 0.2) is 0 Å². The highest BCUT2D eigenvalue weighted by Crippen LogP contribution is 2.34. The van der Waals surface area contributed by atoms with Crippen LogP contribution >= 0.6 is 0 Å². The number of aliphatic hydroxyl groups excluding tert-OH is 1. The van der Waals surface area contributed by atoms with Crippen LogP contribution in [-0.2, 0) is 0 Å². The predicted molar refractivity (Wildman–Crippen MR) is 55.7 cm³/mol. The monoisotopic (exact) mass is 185 g/mol. The average Bonchev–Trinajstić information content (AvgIpc) is 2.84. The first kappa shape index (κ1) is 11.0. The molecule has 0 bridgehead atoms. The van der Waals surface area contributed by atoms with Gasteiger partial charge in [-0.15, -0.1) is 0 Å². The van der Waals surface area contributed by atoms with Crippen LogP contribution in [0, 0.1) is 5.92 Å². The highest BCUT2D eigenvalue weighted by atomic mass is 16.2. The fourth-order valence-corrected chi connectivity index (χ4v) is 1.89. The van der Waals surface area contributed by atoms with Crippen molar-refractivity contribution in [3.05, 3.63) is 0 Å². The topological polar surface area (TPSA) is 32.3 Å². The van der Waals surface area contributed by atoms with Crippen LogP contribution in [-0.4, -0.2) is 24.3 Å². The zero-order valence-electron chi connectivity index (χ0n) is 8.76. The highest BCUT2D eigenvalue weighted by Gasteiger charge is 2.34. The first-order chi connectivity index (χ1) is 6.38. The van der Waals surface area contributed by atoms with Crippen molar-refractivity contribution in [3.8, 4) is 0 Å². The van der Waals surface area contributed by atoms with Gasteiger partial charge in [0.1, 0.15) is 0 Å². The number of unbranched alkanes of at least 4 members (excludes halogenated alkanes) is 2. The summed E-state index contributed by atoms with van der Waals surface area (Å²) in [5, 5.41) is 12.1. The predicted octanol–water partition coefficient (Wildman–Crippen LogP) is 1.93. The normalized spacial score (nSPS) is 26.3. The SMILES string of the molecule is CCCC1CC1NCCCCCO. The molecule has 78 valence electrons. The molecule has 1 fully saturated rings. The van der Waals surface area contributed by atoms with E-state index in [1.807, 2.05) is 0 Å². The van der Waals surface area contributed by atoms with E-state index in [0.717, 1.165) is 31.3 Å². The highest BCUT2D eigenvalue weighted by molar-refractivity contribution is 4.92. The molecule has 2 nitrogen and oxygen atoms in total. The molecule has 1 aliphatic rings. The van der Waals surface area contributed by atoms with E-state index >= 15 is 0 Å². The number of hydrogen-bond donors (Lipinski definition) is 2. The molecule has 0 saturated heterocycles. The zero-order chi connectivity index (χ0) is 9.52. The summed E-state index contributed by atoms with van der Waals surface area (Å²) in [5.74, 6) is 0.975. The second-order valence-corrected chi connectivity index (χ2v) is 4.13. The Hall–Kier alpha value is -0.0800. The van der Waals surface area contributed by atoms with Gasteiger partial charge in [-0.25, -0.2) is 0 Å². The first-order valence-electron chi connectivity index (χ1n) is 5.72. The molecule has 2 heteroatoms. The summed E-state index contributed by atoms with van der Waals surface area (Å²) in [4.78, 5) is 0. The first-order valence-corrected chi connectivity index (χ1v) is 5.72. The van der Waals surface area contributed by atoms with Crippen LogP contribution in [0.1, 0.15) is 45.4 Å². The minimum atomic E-state index is 0.349. The Bertz CT molecular complexity index is 127. The molecule has 0 aromatic carbocycles. The van der Waals surface area contributed by atoms with Gasteiger partial charge in [-0.05, 0) is 44.6 Å². The largest absolute Gasteiger partial charge is 0.396 e. The van der Waals surface area contributed by atoms with Gasteiger partial charge in [0.2, 0.25) is 0 Å². The summed E-state index contributed by atoms with van der Waals surface area (Å²) < 4.78 is 0. The molecule has 2 N–H and O–H groups in total. The van der Waals surface area contributed by atoms with Gasteiger partial charge in [-0.3, -0.25) is 0 Å². The fraction of sp³-hybridized carbons (Fsp3) is 1.00. The Morgan fingerprint density at radius 2 is 2.15 bits per heavy atom. The van der Waals surface area contributed by atoms with E-state index in [4.69, 9.17) is 5.11 Å². The summed E-state index contributed by atoms with van der Waals surface area (Å²) in [5.41, 5.74) is 0. The van der Waals surface area contributed by atoms with Crippen molar-refractivity contribution in [3.63, 3.8) is 0 Å². The molecule has 0 aromatic heterocycles. The molecular formula is C11H23NO. The van der Waals surface area contributed by atoms with E-state index in [-0.39, 0.29) is 0 Å². The summed E-state index contributed by atoms with van der Waals surface area (Å²) in [6, 6.07) is 0.828. The zero-order valence-corrected chi connectivity index (χ0v) is 8.76. The third kappa shape index (κ3) is 4.63. The molecule has 1 rings (SSSR count). The van der Waals surface area contributed by atoms with E-state index < -0.39 is 0 Å². The lowest BCUT2D eigenvalue weighted by Crippen LogP contribution is -2.19. The number of rotatable bonds is 8. The molecule has 1 saturated carbocycles. The van der Waals surface area contributed by atoms with Crippen molar-refractivity contribution in [1.29, 1.82) is 0 Å². The second-order valence-electron chi connectivity index (χ2n) is 4.13. The quantitative estimate of drug-likeness (QED) is 0.566. The minimum Gasteiger partial charge on any atom is -0.396 e. The van der Waals surface area contributed by atoms with E-state index in [0.29, 0.717) is 6.61 Å². The van der Waals surface area contributed by atoms with E-state index in [9.17, 15) is 0 Å². The van der Waals surface area contributed by atoms with Gasteiger partial charge < -0.3 is 10.4 Å². The van der Waals surface area contributed by atoms with Gasteiger partial charge in [0.25, 0.3) is 0 Å². The van der Waals surface area contributed by atoms with Crippen LogP contribution in [0.25, 0.3) is 0 Å². The Kier molecular flexibility index (Phi) is 5.40. The summed E-state index contributed by atoms with van der Waals surface area (Å²) >= 11 is 0. The molecule has 2 atom stereocenters. The number of aliphatic hydroxyl groups is 1. The molecule has 0 spiro atoms. The molecule has 0 aromatic rings. The summed E-state index contributed by atoms with van der Waals surface area (Å²) in [6.45, 7) is 3.75. The molecular weight excluding hydrogens is 162 g/mol. The standard InChI is InChI=1S/C11H23NO/c1-2-6-10-9-11(10)12-7-4-3-5-8-13/h10-13H,2-9H2,1H3. The molecule has 0 radical (unpaired) electrons. The Balaban J connectivity index is 1.80. The van der Waals surface area contributed by atoms with Crippen molar-refractivity contribution in [2.45, 2.75) is 51.5 Å². The van der Waals surface area contributed by atoms with Crippen molar-refractivity contribution < 1.29 is 5.11 Å². The van der Waals surface area contributed by atoms with Gasteiger partial charge in [-0.2, -0.15) is 0 Å². The fourth-order valence-electron chi connectivity index (χ4n) is 1.89. The number of nitrogens with one attached hydrogen (secondary N) is 1. The smallest absolute Gasteiger partial charge is 0.0431 e. The Morgan fingerprint density at radius 1 is 1.31 bits per heavy atom. The third-order valence-electron chi connectivity index (χ3n) is 2.82. The molecule has 0 heterocycles. The van der Waals surface area contributed by atoms with Gasteiger partial charge in [-0.1, -0.05) is 13.3 Å². The lowest BCUT2D eigenvalue weighted by Gasteiger charge is -2.02. The van der Waals surface area contributed by atoms with Gasteiger partial charge in [0, 0.05) is 12.6 Å². The van der Waals surface area contributed by atoms with Crippen LogP contribution in [0.5, 0.6) is 0 Å². The van der Waals surface area contributed by atoms with Crippen molar-refractivity contribution in [2.24, 2.45) is 5.92 Å². The maximum absolute atomic E-state index is 8.58. The van der Waals surface area contributed by atoms with Gasteiger partial charge >= 0.3 is 0 Å². The third-order valence-corrected chi connectivity index (χ3v) is 2.82. The molecule has 2 unspecified atom stereocenters. The van der Waals surface area contributed by atoms with E-state index in [2.05, 4.69) is 12.2 Å². The summed E-state index contributed by atoms with van der Waals surface area (Å²) in [6.07, 6.45) is 7.46. The van der Waals surface area contributed by atoms with Gasteiger partial charge in [0.05, 0.1) is 0 Å². The maximum Gasteiger partial charge on any atom is 0.0431 e. The minimum absolute atomic E-state index is 0.349. The maximum atomic E-state index is 8.58. The van der Waals surface area contributed by atoms with Crippen molar-refractivity contribution in [1.82, 2.24) is 5.32 Å². The second kappa shape index (κ2) is 6.39. The van der Waals surface area contributed by atoms with E-state index in [1.54, 1.807) is 0 Å². The van der Waals surface area contributed by atoms with Crippen LogP contribution in [0.3, 0.4) is 0 Å². The van der Waals surface area contributed by atoms with Crippen molar-refractivity contribution >= 4 is 0 Å². The Labute approximate surface area is 81.7 Å². The lowest BCUT2D eigenvalue weighted by atomic mass is 10.2. The average molecular weight is 185 g/mol. The summed E-state index contributed by atoms with van der Waals surface area (Å²) in [7, 11) is 0. The van der Waals surface area contributed by atoms with Crippen LogP contribution in [0.2, 0.25) is 0 Å². The van der Waals surface area contributed by atoms with Crippen molar-refractivity contribution in [2.75, 3.05) is 13.2 Å². The molecule has 0 amide bonds. The van der Waals surface area contributed by atoms with Crippen LogP contribution < -0.4 is 5.32 Å². The molecule has 1 aliphatic carbocycles. The Morgan fingerprint density at radius 3 is 2.85 bits per heavy atom. The molecule has 0 aliphatic heterocycles.